The van der Waals surface area contributed by atoms with Crippen LogP contribution in [0.25, 0.3) is 0 Å². The Bertz CT molecular complexity index is 336. The van der Waals surface area contributed by atoms with E-state index in [0.717, 1.165) is 0 Å². The van der Waals surface area contributed by atoms with Gasteiger partial charge in [0.2, 0.25) is 0 Å². The van der Waals surface area contributed by atoms with E-state index >= 15 is 0 Å². The Morgan fingerprint density at radius 2 is 2.21 bits per heavy atom. The van der Waals surface area contributed by atoms with E-state index in [1.807, 2.05) is 0 Å². The standard InChI is InChI=1S/C10H11NO3/c1-2-6-13-8-4-3-5-9(7-8)14-10(11)12/h2-5,7H,1,6H2,(H2,11,12). The SMILES string of the molecule is C=CCOc1cccc(OC(N)=O)c1. The molecule has 14 heavy (non-hydrogen) atoms. The van der Waals surface area contributed by atoms with E-state index in [1.165, 1.54) is 0 Å². The Labute approximate surface area is 81.9 Å². The summed E-state index contributed by atoms with van der Waals surface area (Å²) in [5, 5.41) is 0. The Hall–Kier alpha value is -1.97. The lowest BCUT2D eigenvalue weighted by atomic mass is 10.3. The molecule has 74 valence electrons. The number of benzene rings is 1. The predicted octanol–water partition coefficient (Wildman–Crippen LogP) is 1.71. The molecule has 1 aromatic rings. The van der Waals surface area contributed by atoms with Gasteiger partial charge in [-0.15, -0.1) is 0 Å². The third kappa shape index (κ3) is 3.18. The fraction of sp³-hybridized carbons (Fsp3) is 0.100. The summed E-state index contributed by atoms with van der Waals surface area (Å²) in [4.78, 5) is 10.4. The second-order valence-electron chi connectivity index (χ2n) is 2.50. The van der Waals surface area contributed by atoms with Gasteiger partial charge in [0.05, 0.1) is 0 Å². The molecule has 0 spiro atoms. The second-order valence-corrected chi connectivity index (χ2v) is 2.50. The molecular formula is C10H11NO3. The molecule has 1 amide bonds. The van der Waals surface area contributed by atoms with Crippen molar-refractivity contribution < 1.29 is 14.3 Å². The highest BCUT2D eigenvalue weighted by Crippen LogP contribution is 2.19. The summed E-state index contributed by atoms with van der Waals surface area (Å²) in [5.74, 6) is 0.961. The largest absolute Gasteiger partial charge is 0.489 e. The maximum Gasteiger partial charge on any atom is 0.409 e. The van der Waals surface area contributed by atoms with Gasteiger partial charge in [0.1, 0.15) is 18.1 Å². The van der Waals surface area contributed by atoms with Crippen LogP contribution in [0.3, 0.4) is 0 Å². The van der Waals surface area contributed by atoms with Crippen LogP contribution in [0, 0.1) is 0 Å². The van der Waals surface area contributed by atoms with Crippen LogP contribution < -0.4 is 15.2 Å². The number of hydrogen-bond acceptors (Lipinski definition) is 3. The molecule has 2 N–H and O–H groups in total. The third-order valence-electron chi connectivity index (χ3n) is 1.39. The maximum absolute atomic E-state index is 10.4. The van der Waals surface area contributed by atoms with Crippen LogP contribution in [-0.2, 0) is 0 Å². The number of rotatable bonds is 4. The smallest absolute Gasteiger partial charge is 0.409 e. The topological polar surface area (TPSA) is 61.6 Å². The van der Waals surface area contributed by atoms with Crippen LogP contribution in [0.5, 0.6) is 11.5 Å². The molecule has 0 aliphatic heterocycles. The van der Waals surface area contributed by atoms with Gasteiger partial charge in [0.25, 0.3) is 0 Å². The van der Waals surface area contributed by atoms with E-state index in [4.69, 9.17) is 10.5 Å². The zero-order valence-electron chi connectivity index (χ0n) is 7.60. The van der Waals surface area contributed by atoms with E-state index < -0.39 is 6.09 Å². The van der Waals surface area contributed by atoms with Crippen LogP contribution >= 0.6 is 0 Å². The normalized spacial score (nSPS) is 9.14. The molecule has 0 fully saturated rings. The number of ether oxygens (including phenoxy) is 2. The van der Waals surface area contributed by atoms with Gasteiger partial charge in [-0.3, -0.25) is 0 Å². The van der Waals surface area contributed by atoms with Crippen molar-refractivity contribution in [2.75, 3.05) is 6.61 Å². The van der Waals surface area contributed by atoms with E-state index in [9.17, 15) is 4.79 Å². The molecular weight excluding hydrogens is 182 g/mol. The summed E-state index contributed by atoms with van der Waals surface area (Å²) in [7, 11) is 0. The summed E-state index contributed by atoms with van der Waals surface area (Å²) in [5.41, 5.74) is 4.86. The molecule has 1 aromatic carbocycles. The molecule has 0 aliphatic rings. The average Bonchev–Trinajstić information content (AvgIpc) is 2.14. The summed E-state index contributed by atoms with van der Waals surface area (Å²) < 4.78 is 9.90. The lowest BCUT2D eigenvalue weighted by Gasteiger charge is -2.05. The van der Waals surface area contributed by atoms with Gasteiger partial charge in [-0.2, -0.15) is 0 Å². The zero-order valence-corrected chi connectivity index (χ0v) is 7.60. The maximum atomic E-state index is 10.4. The zero-order chi connectivity index (χ0) is 10.4. The van der Waals surface area contributed by atoms with Crippen LogP contribution in [-0.4, -0.2) is 12.7 Å². The number of carbonyl (C=O) groups excluding carboxylic acids is 1. The molecule has 0 unspecified atom stereocenters. The minimum absolute atomic E-state index is 0.360. The number of hydrogen-bond donors (Lipinski definition) is 1. The van der Waals surface area contributed by atoms with Crippen molar-refractivity contribution in [3.8, 4) is 11.5 Å². The average molecular weight is 193 g/mol. The number of carbonyl (C=O) groups is 1. The Kier molecular flexibility index (Phi) is 3.55. The molecule has 4 heteroatoms. The first kappa shape index (κ1) is 10.1. The highest BCUT2D eigenvalue weighted by Gasteiger charge is 1.99. The van der Waals surface area contributed by atoms with Crippen LogP contribution in [0.2, 0.25) is 0 Å². The minimum Gasteiger partial charge on any atom is -0.489 e. The predicted molar refractivity (Wildman–Crippen MR) is 52.3 cm³/mol. The molecule has 0 heterocycles. The fourth-order valence-corrected chi connectivity index (χ4v) is 0.899. The molecule has 0 saturated heterocycles. The quantitative estimate of drug-likeness (QED) is 0.740. The van der Waals surface area contributed by atoms with Gasteiger partial charge < -0.3 is 15.2 Å². The molecule has 0 saturated carbocycles. The van der Waals surface area contributed by atoms with Gasteiger partial charge in [0.15, 0.2) is 0 Å². The molecule has 0 aromatic heterocycles. The first-order chi connectivity index (χ1) is 6.72. The van der Waals surface area contributed by atoms with E-state index in [0.29, 0.717) is 18.1 Å². The van der Waals surface area contributed by atoms with Crippen molar-refractivity contribution in [1.82, 2.24) is 0 Å². The Balaban J connectivity index is 2.68. The molecule has 4 nitrogen and oxygen atoms in total. The highest BCUT2D eigenvalue weighted by molar-refractivity contribution is 5.68. The van der Waals surface area contributed by atoms with Gasteiger partial charge in [-0.05, 0) is 12.1 Å². The van der Waals surface area contributed by atoms with Crippen molar-refractivity contribution in [3.05, 3.63) is 36.9 Å². The van der Waals surface area contributed by atoms with E-state index in [1.54, 1.807) is 30.3 Å². The van der Waals surface area contributed by atoms with Crippen LogP contribution in [0.1, 0.15) is 0 Å². The van der Waals surface area contributed by atoms with Gasteiger partial charge in [0, 0.05) is 6.07 Å². The number of amides is 1. The molecule has 1 rings (SSSR count). The van der Waals surface area contributed by atoms with Crippen molar-refractivity contribution >= 4 is 6.09 Å². The summed E-state index contributed by atoms with van der Waals surface area (Å²) in [6.07, 6.45) is 0.785. The molecule has 0 radical (unpaired) electrons. The summed E-state index contributed by atoms with van der Waals surface area (Å²) in [6, 6.07) is 6.65. The summed E-state index contributed by atoms with van der Waals surface area (Å²) >= 11 is 0. The van der Waals surface area contributed by atoms with Crippen molar-refractivity contribution in [2.45, 2.75) is 0 Å². The Morgan fingerprint density at radius 3 is 2.86 bits per heavy atom. The molecule has 0 atom stereocenters. The van der Waals surface area contributed by atoms with Crippen molar-refractivity contribution in [1.29, 1.82) is 0 Å². The molecule has 0 bridgehead atoms. The second kappa shape index (κ2) is 4.91. The third-order valence-corrected chi connectivity index (χ3v) is 1.39. The Morgan fingerprint density at radius 1 is 1.50 bits per heavy atom. The number of nitrogens with two attached hydrogens (primary N) is 1. The van der Waals surface area contributed by atoms with E-state index in [2.05, 4.69) is 11.3 Å². The highest BCUT2D eigenvalue weighted by atomic mass is 16.5. The van der Waals surface area contributed by atoms with Gasteiger partial charge in [-0.1, -0.05) is 18.7 Å². The first-order valence-corrected chi connectivity index (χ1v) is 4.03. The molecule has 0 aliphatic carbocycles. The summed E-state index contributed by atoms with van der Waals surface area (Å²) in [6.45, 7) is 3.92. The lowest BCUT2D eigenvalue weighted by Crippen LogP contribution is -2.16. The van der Waals surface area contributed by atoms with Crippen molar-refractivity contribution in [3.63, 3.8) is 0 Å². The first-order valence-electron chi connectivity index (χ1n) is 4.03. The van der Waals surface area contributed by atoms with Crippen molar-refractivity contribution in [2.24, 2.45) is 5.73 Å². The van der Waals surface area contributed by atoms with Gasteiger partial charge in [-0.25, -0.2) is 4.79 Å². The fourth-order valence-electron chi connectivity index (χ4n) is 0.899. The van der Waals surface area contributed by atoms with Gasteiger partial charge >= 0.3 is 6.09 Å². The minimum atomic E-state index is -0.842. The van der Waals surface area contributed by atoms with E-state index in [-0.39, 0.29) is 0 Å². The number of primary amides is 1. The lowest BCUT2D eigenvalue weighted by molar-refractivity contribution is 0.210. The van der Waals surface area contributed by atoms with Crippen LogP contribution in [0.15, 0.2) is 36.9 Å². The monoisotopic (exact) mass is 193 g/mol. The van der Waals surface area contributed by atoms with Crippen LogP contribution in [0.4, 0.5) is 4.79 Å².